The number of aromatic carboxylic acids is 1. The van der Waals surface area contributed by atoms with Crippen LogP contribution in [0.15, 0.2) is 72.3 Å². The quantitative estimate of drug-likeness (QED) is 0.386. The van der Waals surface area contributed by atoms with E-state index in [1.54, 1.807) is 61.5 Å². The van der Waals surface area contributed by atoms with Gasteiger partial charge in [-0.25, -0.2) is 14.5 Å². The second-order valence-corrected chi connectivity index (χ2v) is 8.08. The lowest BCUT2D eigenvalue weighted by atomic mass is 10.0. The second kappa shape index (κ2) is 9.82. The van der Waals surface area contributed by atoms with Crippen LogP contribution >= 0.6 is 11.6 Å². The third-order valence-corrected chi connectivity index (χ3v) is 5.81. The summed E-state index contributed by atoms with van der Waals surface area (Å²) in [6, 6.07) is 17.0. The molecule has 176 valence electrons. The van der Waals surface area contributed by atoms with Crippen LogP contribution in [0.1, 0.15) is 27.0 Å². The number of hydrogen-bond acceptors (Lipinski definition) is 5. The van der Waals surface area contributed by atoms with Crippen LogP contribution in [-0.4, -0.2) is 28.9 Å². The van der Waals surface area contributed by atoms with Crippen molar-refractivity contribution in [2.75, 3.05) is 4.90 Å². The van der Waals surface area contributed by atoms with Crippen molar-refractivity contribution >= 4 is 47.2 Å². The summed E-state index contributed by atoms with van der Waals surface area (Å²) in [6.07, 6.45) is 1.36. The molecule has 1 heterocycles. The Kier molecular flexibility index (Phi) is 6.66. The Morgan fingerprint density at radius 1 is 1.03 bits per heavy atom. The first-order valence-electron chi connectivity index (χ1n) is 10.5. The minimum atomic E-state index is -1.02. The van der Waals surface area contributed by atoms with Crippen LogP contribution in [0, 0.1) is 6.92 Å². The summed E-state index contributed by atoms with van der Waals surface area (Å²) in [5, 5.41) is 11.6. The average Bonchev–Trinajstić information content (AvgIpc) is 2.83. The molecule has 4 rings (SSSR count). The fourth-order valence-corrected chi connectivity index (χ4v) is 3.68. The number of rotatable bonds is 6. The largest absolute Gasteiger partial charge is 0.488 e. The first kappa shape index (κ1) is 23.7. The van der Waals surface area contributed by atoms with Gasteiger partial charge in [0.15, 0.2) is 0 Å². The van der Waals surface area contributed by atoms with Crippen molar-refractivity contribution in [3.8, 4) is 5.75 Å². The van der Waals surface area contributed by atoms with E-state index in [1.165, 1.54) is 18.2 Å². The fourth-order valence-electron chi connectivity index (χ4n) is 3.51. The third kappa shape index (κ3) is 4.92. The first-order valence-corrected chi connectivity index (χ1v) is 10.8. The van der Waals surface area contributed by atoms with E-state index in [9.17, 15) is 19.2 Å². The van der Waals surface area contributed by atoms with Gasteiger partial charge in [-0.15, -0.1) is 0 Å². The van der Waals surface area contributed by atoms with Gasteiger partial charge in [-0.2, -0.15) is 0 Å². The summed E-state index contributed by atoms with van der Waals surface area (Å²) < 4.78 is 5.87. The number of hydrogen-bond donors (Lipinski definition) is 2. The molecular weight excluding hydrogens is 472 g/mol. The van der Waals surface area contributed by atoms with Crippen molar-refractivity contribution < 1.29 is 29.0 Å². The number of carbonyl (C=O) groups excluding carboxylic acids is 3. The van der Waals surface area contributed by atoms with E-state index in [0.717, 1.165) is 10.5 Å². The molecule has 1 saturated heterocycles. The molecule has 3 aromatic carbocycles. The molecule has 1 fully saturated rings. The highest BCUT2D eigenvalue weighted by atomic mass is 35.5. The number of carboxylic acid groups (broad SMARTS) is 1. The molecule has 0 aromatic heterocycles. The van der Waals surface area contributed by atoms with Crippen molar-refractivity contribution in [3.05, 3.63) is 99.6 Å². The molecule has 3 aromatic rings. The Bertz CT molecular complexity index is 1380. The minimum absolute atomic E-state index is 0.131. The van der Waals surface area contributed by atoms with E-state index in [2.05, 4.69) is 5.32 Å². The lowest BCUT2D eigenvalue weighted by Gasteiger charge is -2.27. The summed E-state index contributed by atoms with van der Waals surface area (Å²) >= 11 is 6.16. The zero-order valence-corrected chi connectivity index (χ0v) is 19.2. The molecule has 8 nitrogen and oxygen atoms in total. The minimum Gasteiger partial charge on any atom is -0.488 e. The normalized spacial score (nSPS) is 14.7. The lowest BCUT2D eigenvalue weighted by Crippen LogP contribution is -2.54. The van der Waals surface area contributed by atoms with Crippen molar-refractivity contribution in [1.29, 1.82) is 0 Å². The number of halogens is 1. The molecule has 35 heavy (non-hydrogen) atoms. The van der Waals surface area contributed by atoms with Crippen molar-refractivity contribution in [1.82, 2.24) is 5.32 Å². The number of nitrogens with zero attached hydrogens (tertiary/aromatic N) is 1. The predicted octanol–water partition coefficient (Wildman–Crippen LogP) is 4.59. The molecule has 0 aliphatic carbocycles. The summed E-state index contributed by atoms with van der Waals surface area (Å²) in [4.78, 5) is 50.2. The number of carboxylic acids is 1. The van der Waals surface area contributed by atoms with Crippen molar-refractivity contribution in [2.24, 2.45) is 0 Å². The number of anilines is 1. The molecule has 0 bridgehead atoms. The van der Waals surface area contributed by atoms with E-state index >= 15 is 0 Å². The zero-order chi connectivity index (χ0) is 25.1. The third-order valence-electron chi connectivity index (χ3n) is 5.40. The monoisotopic (exact) mass is 490 g/mol. The van der Waals surface area contributed by atoms with Gasteiger partial charge < -0.3 is 9.84 Å². The van der Waals surface area contributed by atoms with Gasteiger partial charge in [0, 0.05) is 10.6 Å². The summed E-state index contributed by atoms with van der Waals surface area (Å²) in [5.74, 6) is -2.24. The lowest BCUT2D eigenvalue weighted by molar-refractivity contribution is -0.122. The number of carbonyl (C=O) groups is 4. The average molecular weight is 491 g/mol. The highest BCUT2D eigenvalue weighted by Gasteiger charge is 2.37. The number of ether oxygens (including phenoxy) is 1. The molecule has 0 spiro atoms. The van der Waals surface area contributed by atoms with Crippen molar-refractivity contribution in [2.45, 2.75) is 13.5 Å². The molecule has 0 unspecified atom stereocenters. The zero-order valence-electron chi connectivity index (χ0n) is 18.4. The highest BCUT2D eigenvalue weighted by Crippen LogP contribution is 2.30. The Labute approximate surface area is 205 Å². The number of para-hydroxylation sites is 1. The molecule has 2 N–H and O–H groups in total. The maximum Gasteiger partial charge on any atom is 0.335 e. The van der Waals surface area contributed by atoms with E-state index in [4.69, 9.17) is 21.4 Å². The molecule has 1 aliphatic heterocycles. The van der Waals surface area contributed by atoms with E-state index < -0.39 is 23.8 Å². The molecule has 4 amide bonds. The van der Waals surface area contributed by atoms with Gasteiger partial charge in [0.1, 0.15) is 17.9 Å². The van der Waals surface area contributed by atoms with Gasteiger partial charge in [-0.05, 0) is 54.5 Å². The van der Waals surface area contributed by atoms with Gasteiger partial charge in [0.2, 0.25) is 0 Å². The smallest absolute Gasteiger partial charge is 0.335 e. The van der Waals surface area contributed by atoms with Crippen LogP contribution in [-0.2, 0) is 16.2 Å². The van der Waals surface area contributed by atoms with Gasteiger partial charge >= 0.3 is 12.0 Å². The number of amides is 4. The second-order valence-electron chi connectivity index (χ2n) is 7.67. The number of nitrogens with one attached hydrogen (secondary N) is 1. The topological polar surface area (TPSA) is 113 Å². The van der Waals surface area contributed by atoms with Crippen LogP contribution in [0.3, 0.4) is 0 Å². The maximum absolute atomic E-state index is 13.2. The standard InChI is InChI=1S/C26H19ClN2O6/c1-15-20(27)6-4-7-21(15)29-24(31)19(23(30)28-26(29)34)13-18-5-2-3-8-22(18)35-14-16-9-11-17(12-10-16)25(32)33/h2-13H,14H2,1H3,(H,32,33)(H,28,30,34)/b19-13-. The van der Waals surface area contributed by atoms with Crippen LogP contribution in [0.25, 0.3) is 6.08 Å². The molecule has 0 atom stereocenters. The van der Waals surface area contributed by atoms with Crippen LogP contribution in [0.5, 0.6) is 5.75 Å². The van der Waals surface area contributed by atoms with Crippen molar-refractivity contribution in [3.63, 3.8) is 0 Å². The van der Waals surface area contributed by atoms with Gasteiger partial charge in [0.25, 0.3) is 11.8 Å². The van der Waals surface area contributed by atoms with E-state index in [1.807, 2.05) is 0 Å². The van der Waals surface area contributed by atoms with Gasteiger partial charge in [-0.3, -0.25) is 14.9 Å². The Morgan fingerprint density at radius 2 is 1.74 bits per heavy atom. The summed E-state index contributed by atoms with van der Waals surface area (Å²) in [7, 11) is 0. The molecule has 9 heteroatoms. The fraction of sp³-hybridized carbons (Fsp3) is 0.0769. The Balaban J connectivity index is 1.62. The molecule has 0 radical (unpaired) electrons. The Hall–Kier alpha value is -4.43. The number of barbiturate groups is 1. The predicted molar refractivity (Wildman–Crippen MR) is 129 cm³/mol. The first-order chi connectivity index (χ1) is 16.8. The molecule has 0 saturated carbocycles. The maximum atomic E-state index is 13.2. The van der Waals surface area contributed by atoms with Crippen LogP contribution in [0.4, 0.5) is 10.5 Å². The van der Waals surface area contributed by atoms with E-state index in [-0.39, 0.29) is 23.4 Å². The number of benzene rings is 3. The number of urea groups is 1. The Morgan fingerprint density at radius 3 is 2.46 bits per heavy atom. The summed E-state index contributed by atoms with van der Waals surface area (Å²) in [5.41, 5.74) is 1.89. The van der Waals surface area contributed by atoms with Gasteiger partial charge in [-0.1, -0.05) is 48.0 Å². The number of imide groups is 2. The van der Waals surface area contributed by atoms with Crippen LogP contribution in [0.2, 0.25) is 5.02 Å². The van der Waals surface area contributed by atoms with Gasteiger partial charge in [0.05, 0.1) is 11.3 Å². The molecular formula is C26H19ClN2O6. The van der Waals surface area contributed by atoms with Crippen LogP contribution < -0.4 is 15.0 Å². The summed E-state index contributed by atoms with van der Waals surface area (Å²) in [6.45, 7) is 1.80. The highest BCUT2D eigenvalue weighted by molar-refractivity contribution is 6.40. The molecule has 1 aliphatic rings. The SMILES string of the molecule is Cc1c(Cl)cccc1N1C(=O)NC(=O)/C(=C/c2ccccc2OCc2ccc(C(=O)O)cc2)C1=O. The van der Waals surface area contributed by atoms with E-state index in [0.29, 0.717) is 21.9 Å².